The average molecular weight is 334 g/mol. The highest BCUT2D eigenvalue weighted by molar-refractivity contribution is 5.94. The number of hydrogen-bond donors (Lipinski definition) is 1. The molecule has 0 spiro atoms. The molecule has 126 valence electrons. The smallest absolute Gasteiger partial charge is 0.334 e. The molecule has 0 unspecified atom stereocenters. The highest BCUT2D eigenvalue weighted by atomic mass is 16.2. The molecule has 1 aliphatic heterocycles. The largest absolute Gasteiger partial charge is 0.343 e. The van der Waals surface area contributed by atoms with Gasteiger partial charge < -0.3 is 4.90 Å². The molecule has 1 aliphatic rings. The minimum absolute atomic E-state index is 0.0237. The molecule has 0 saturated heterocycles. The van der Waals surface area contributed by atoms with Gasteiger partial charge in [-0.3, -0.25) is 9.78 Å². The number of hydrogen-bond acceptors (Lipinski definition) is 3. The van der Waals surface area contributed by atoms with Crippen molar-refractivity contribution in [2.75, 3.05) is 6.54 Å². The molecule has 25 heavy (non-hydrogen) atoms. The molecule has 0 atom stereocenters. The van der Waals surface area contributed by atoms with Gasteiger partial charge >= 0.3 is 5.69 Å². The number of aryl methyl sites for hydroxylation is 1. The molecule has 0 radical (unpaired) electrons. The summed E-state index contributed by atoms with van der Waals surface area (Å²) in [5.41, 5.74) is 3.69. The first-order valence-corrected chi connectivity index (χ1v) is 8.21. The summed E-state index contributed by atoms with van der Waals surface area (Å²) in [5, 5.41) is 4.12. The second-order valence-corrected chi connectivity index (χ2v) is 6.23. The lowest BCUT2D eigenvalue weighted by atomic mass is 9.99. The zero-order valence-corrected chi connectivity index (χ0v) is 13.9. The van der Waals surface area contributed by atoms with Gasteiger partial charge in [-0.05, 0) is 29.7 Å². The molecule has 0 bridgehead atoms. The van der Waals surface area contributed by atoms with Crippen LogP contribution >= 0.6 is 0 Å². The van der Waals surface area contributed by atoms with E-state index in [0.717, 1.165) is 18.5 Å². The molecule has 1 aromatic heterocycles. The number of rotatable bonds is 2. The normalized spacial score (nSPS) is 13.6. The first kappa shape index (κ1) is 15.4. The van der Waals surface area contributed by atoms with E-state index in [2.05, 4.69) is 22.2 Å². The Hall–Kier alpha value is -3.15. The van der Waals surface area contributed by atoms with Gasteiger partial charge in [0.05, 0.1) is 0 Å². The van der Waals surface area contributed by atoms with Crippen LogP contribution in [0.3, 0.4) is 0 Å². The molecule has 6 nitrogen and oxygen atoms in total. The zero-order valence-electron chi connectivity index (χ0n) is 13.9. The third-order valence-electron chi connectivity index (χ3n) is 4.59. The van der Waals surface area contributed by atoms with Gasteiger partial charge in [0.25, 0.3) is 5.91 Å². The van der Waals surface area contributed by atoms with Crippen LogP contribution < -0.4 is 5.69 Å². The number of nitrogens with one attached hydrogen (secondary N) is 1. The van der Waals surface area contributed by atoms with Crippen LogP contribution in [0.2, 0.25) is 0 Å². The van der Waals surface area contributed by atoms with Gasteiger partial charge in [0.2, 0.25) is 0 Å². The summed E-state index contributed by atoms with van der Waals surface area (Å²) in [6, 6.07) is 15.4. The van der Waals surface area contributed by atoms with Gasteiger partial charge in [0.1, 0.15) is 0 Å². The van der Waals surface area contributed by atoms with E-state index in [1.807, 2.05) is 29.2 Å². The van der Waals surface area contributed by atoms with Crippen molar-refractivity contribution in [1.29, 1.82) is 0 Å². The summed E-state index contributed by atoms with van der Waals surface area (Å²) in [7, 11) is 1.59. The minimum Gasteiger partial charge on any atom is -0.334 e. The Bertz CT molecular complexity index is 985. The van der Waals surface area contributed by atoms with Crippen LogP contribution in [0.5, 0.6) is 0 Å². The first-order chi connectivity index (χ1) is 12.1. The van der Waals surface area contributed by atoms with Crippen molar-refractivity contribution in [3.8, 4) is 11.4 Å². The van der Waals surface area contributed by atoms with Gasteiger partial charge in [0.15, 0.2) is 5.82 Å². The molecular weight excluding hydrogens is 316 g/mol. The van der Waals surface area contributed by atoms with E-state index in [0.29, 0.717) is 17.9 Å². The van der Waals surface area contributed by atoms with Crippen molar-refractivity contribution in [3.05, 3.63) is 75.7 Å². The van der Waals surface area contributed by atoms with E-state index in [-0.39, 0.29) is 11.6 Å². The monoisotopic (exact) mass is 334 g/mol. The predicted molar refractivity (Wildman–Crippen MR) is 94.2 cm³/mol. The molecular formula is C19H18N4O2. The number of H-pyrrole nitrogens is 1. The number of amides is 1. The Morgan fingerprint density at radius 2 is 1.80 bits per heavy atom. The third kappa shape index (κ3) is 2.87. The molecule has 3 aromatic rings. The summed E-state index contributed by atoms with van der Waals surface area (Å²) in [6.45, 7) is 1.37. The van der Waals surface area contributed by atoms with Crippen LogP contribution in [0, 0.1) is 0 Å². The van der Waals surface area contributed by atoms with E-state index >= 15 is 0 Å². The minimum atomic E-state index is -0.262. The quantitative estimate of drug-likeness (QED) is 0.779. The highest BCUT2D eigenvalue weighted by Crippen LogP contribution is 2.21. The maximum atomic E-state index is 12.8. The number of carbonyl (C=O) groups excluding carboxylic acids is 1. The Morgan fingerprint density at radius 3 is 2.48 bits per heavy atom. The summed E-state index contributed by atoms with van der Waals surface area (Å²) in [4.78, 5) is 28.8. The van der Waals surface area contributed by atoms with E-state index in [4.69, 9.17) is 0 Å². The van der Waals surface area contributed by atoms with Gasteiger partial charge in [0, 0.05) is 31.3 Å². The zero-order chi connectivity index (χ0) is 17.4. The number of aromatic nitrogens is 3. The number of nitrogens with zero attached hydrogens (tertiary/aromatic N) is 3. The molecule has 1 N–H and O–H groups in total. The maximum absolute atomic E-state index is 12.8. The van der Waals surface area contributed by atoms with Crippen molar-refractivity contribution in [1.82, 2.24) is 19.7 Å². The fraction of sp³-hybridized carbons (Fsp3) is 0.211. The molecule has 0 saturated carbocycles. The standard InChI is InChI=1S/C19H18N4O2/c1-22-19(25)20-17(21-22)14-6-8-15(9-7-14)18(24)23-11-10-13-4-2-3-5-16(13)12-23/h2-9H,10-12H2,1H3,(H,20,21,25). The SMILES string of the molecule is Cn1nc(-c2ccc(C(=O)N3CCc4ccccc4C3)cc2)[nH]c1=O. The van der Waals surface area contributed by atoms with Crippen molar-refractivity contribution in [2.24, 2.45) is 7.05 Å². The van der Waals surface area contributed by atoms with Crippen LogP contribution in [0.4, 0.5) is 0 Å². The lowest BCUT2D eigenvalue weighted by Gasteiger charge is -2.29. The topological polar surface area (TPSA) is 71.0 Å². The van der Waals surface area contributed by atoms with E-state index in [1.54, 1.807) is 19.2 Å². The van der Waals surface area contributed by atoms with Crippen molar-refractivity contribution in [3.63, 3.8) is 0 Å². The lowest BCUT2D eigenvalue weighted by Crippen LogP contribution is -2.35. The van der Waals surface area contributed by atoms with Crippen LogP contribution in [0.25, 0.3) is 11.4 Å². The predicted octanol–water partition coefficient (Wildman–Crippen LogP) is 1.97. The molecule has 4 rings (SSSR count). The van der Waals surface area contributed by atoms with E-state index in [9.17, 15) is 9.59 Å². The van der Waals surface area contributed by atoms with E-state index in [1.165, 1.54) is 15.8 Å². The summed E-state index contributed by atoms with van der Waals surface area (Å²) >= 11 is 0. The Labute approximate surface area is 144 Å². The molecule has 6 heteroatoms. The molecule has 0 fully saturated rings. The Morgan fingerprint density at radius 1 is 1.08 bits per heavy atom. The second-order valence-electron chi connectivity index (χ2n) is 6.23. The van der Waals surface area contributed by atoms with Crippen LogP contribution in [0.1, 0.15) is 21.5 Å². The van der Waals surface area contributed by atoms with Crippen LogP contribution in [-0.2, 0) is 20.0 Å². The van der Waals surface area contributed by atoms with Crippen molar-refractivity contribution >= 4 is 5.91 Å². The highest BCUT2D eigenvalue weighted by Gasteiger charge is 2.21. The lowest BCUT2D eigenvalue weighted by molar-refractivity contribution is 0.0734. The van der Waals surface area contributed by atoms with Gasteiger partial charge in [-0.25, -0.2) is 9.48 Å². The summed E-state index contributed by atoms with van der Waals surface area (Å²) < 4.78 is 1.25. The van der Waals surface area contributed by atoms with Crippen LogP contribution in [0.15, 0.2) is 53.3 Å². The second kappa shape index (κ2) is 6.05. The Kier molecular flexibility index (Phi) is 3.72. The average Bonchev–Trinajstić information content (AvgIpc) is 2.99. The van der Waals surface area contributed by atoms with Gasteiger partial charge in [-0.1, -0.05) is 36.4 Å². The number of benzene rings is 2. The molecule has 2 aromatic carbocycles. The molecule has 0 aliphatic carbocycles. The third-order valence-corrected chi connectivity index (χ3v) is 4.59. The van der Waals surface area contributed by atoms with Gasteiger partial charge in [-0.2, -0.15) is 5.10 Å². The summed E-state index contributed by atoms with van der Waals surface area (Å²) in [5.74, 6) is 0.522. The van der Waals surface area contributed by atoms with Crippen molar-refractivity contribution < 1.29 is 4.79 Å². The van der Waals surface area contributed by atoms with Crippen LogP contribution in [-0.4, -0.2) is 32.1 Å². The van der Waals surface area contributed by atoms with Crippen molar-refractivity contribution in [2.45, 2.75) is 13.0 Å². The first-order valence-electron chi connectivity index (χ1n) is 8.21. The number of aromatic amines is 1. The number of carbonyl (C=O) groups is 1. The number of fused-ring (bicyclic) bond motifs is 1. The van der Waals surface area contributed by atoms with Gasteiger partial charge in [-0.15, -0.1) is 0 Å². The molecule has 1 amide bonds. The fourth-order valence-electron chi connectivity index (χ4n) is 3.15. The molecule has 2 heterocycles. The maximum Gasteiger partial charge on any atom is 0.343 e. The Balaban J connectivity index is 1.54. The summed E-state index contributed by atoms with van der Waals surface area (Å²) in [6.07, 6.45) is 0.884. The van der Waals surface area contributed by atoms with E-state index < -0.39 is 0 Å². The fourth-order valence-corrected chi connectivity index (χ4v) is 3.15.